The summed E-state index contributed by atoms with van der Waals surface area (Å²) in [7, 11) is 0. The van der Waals surface area contributed by atoms with Gasteiger partial charge in [-0.05, 0) is 38.0 Å². The first-order valence-electron chi connectivity index (χ1n) is 8.34. The second kappa shape index (κ2) is 6.90. The third-order valence-electron chi connectivity index (χ3n) is 5.06. The van der Waals surface area contributed by atoms with Crippen LogP contribution in [0.25, 0.3) is 0 Å². The van der Waals surface area contributed by atoms with E-state index in [9.17, 15) is 9.90 Å². The average molecular weight is 282 g/mol. The summed E-state index contributed by atoms with van der Waals surface area (Å²) in [6.45, 7) is 6.48. The van der Waals surface area contributed by atoms with Gasteiger partial charge < -0.3 is 10.0 Å². The maximum Gasteiger partial charge on any atom is 0.241 e. The van der Waals surface area contributed by atoms with Gasteiger partial charge in [-0.1, -0.05) is 33.6 Å². The molecule has 1 heterocycles. The number of aliphatic hydroxyl groups excluding tert-OH is 1. The normalized spacial score (nSPS) is 36.4. The second-order valence-electron chi connectivity index (χ2n) is 6.54. The smallest absolute Gasteiger partial charge is 0.241 e. The molecule has 1 amide bonds. The molecule has 3 unspecified atom stereocenters. The molecule has 1 saturated carbocycles. The molecule has 0 spiro atoms. The highest BCUT2D eigenvalue weighted by atomic mass is 16.3. The summed E-state index contributed by atoms with van der Waals surface area (Å²) in [5, 5.41) is 13.2. The van der Waals surface area contributed by atoms with Crippen molar-refractivity contribution < 1.29 is 9.90 Å². The standard InChI is InChI=1S/C16H30N2O2/c1-4-6-14-17-15(11(3)5-2)16(20)18(14)12-7-9-13(19)10-8-12/h11-15,17,19H,4-10H2,1-3H3. The summed E-state index contributed by atoms with van der Waals surface area (Å²) in [4.78, 5) is 14.9. The van der Waals surface area contributed by atoms with E-state index in [1.165, 1.54) is 0 Å². The van der Waals surface area contributed by atoms with Gasteiger partial charge in [-0.2, -0.15) is 0 Å². The highest BCUT2D eigenvalue weighted by Gasteiger charge is 2.44. The molecule has 2 fully saturated rings. The number of amides is 1. The molecule has 20 heavy (non-hydrogen) atoms. The number of aliphatic hydroxyl groups is 1. The molecule has 0 bridgehead atoms. The van der Waals surface area contributed by atoms with Crippen LogP contribution >= 0.6 is 0 Å². The van der Waals surface area contributed by atoms with Crippen molar-refractivity contribution in [3.8, 4) is 0 Å². The third kappa shape index (κ3) is 3.17. The average Bonchev–Trinajstić information content (AvgIpc) is 2.76. The predicted octanol–water partition coefficient (Wildman–Crippen LogP) is 2.26. The van der Waals surface area contributed by atoms with Crippen LogP contribution in [0.1, 0.15) is 65.7 Å². The molecule has 2 aliphatic rings. The van der Waals surface area contributed by atoms with Gasteiger partial charge in [-0.3, -0.25) is 10.1 Å². The van der Waals surface area contributed by atoms with Gasteiger partial charge in [0.1, 0.15) is 0 Å². The van der Waals surface area contributed by atoms with Gasteiger partial charge in [0.15, 0.2) is 0 Å². The molecule has 4 nitrogen and oxygen atoms in total. The molecule has 1 aliphatic carbocycles. The zero-order chi connectivity index (χ0) is 14.7. The van der Waals surface area contributed by atoms with E-state index in [0.29, 0.717) is 17.9 Å². The number of carbonyl (C=O) groups excluding carboxylic acids is 1. The van der Waals surface area contributed by atoms with Gasteiger partial charge in [0.2, 0.25) is 5.91 Å². The minimum atomic E-state index is -0.160. The van der Waals surface area contributed by atoms with Gasteiger partial charge in [0.05, 0.1) is 18.3 Å². The van der Waals surface area contributed by atoms with Crippen molar-refractivity contribution in [2.45, 2.75) is 90.1 Å². The lowest BCUT2D eigenvalue weighted by molar-refractivity contribution is -0.134. The number of nitrogens with zero attached hydrogens (tertiary/aromatic N) is 1. The number of nitrogens with one attached hydrogen (secondary N) is 1. The Kier molecular flexibility index (Phi) is 5.44. The fourth-order valence-electron chi connectivity index (χ4n) is 3.58. The van der Waals surface area contributed by atoms with Crippen LogP contribution in [0.2, 0.25) is 0 Å². The Hall–Kier alpha value is -0.610. The fraction of sp³-hybridized carbons (Fsp3) is 0.938. The highest BCUT2D eigenvalue weighted by Crippen LogP contribution is 2.30. The maximum absolute atomic E-state index is 12.8. The molecule has 0 aromatic heterocycles. The summed E-state index contributed by atoms with van der Waals surface area (Å²) in [6, 6.07) is 0.312. The van der Waals surface area contributed by atoms with E-state index in [2.05, 4.69) is 31.0 Å². The molecule has 1 saturated heterocycles. The van der Waals surface area contributed by atoms with Crippen LogP contribution in [-0.2, 0) is 4.79 Å². The Morgan fingerprint density at radius 1 is 1.30 bits per heavy atom. The van der Waals surface area contributed by atoms with Gasteiger partial charge >= 0.3 is 0 Å². The maximum atomic E-state index is 12.8. The molecule has 1 aliphatic heterocycles. The Morgan fingerprint density at radius 2 is 1.95 bits per heavy atom. The Morgan fingerprint density at radius 3 is 2.50 bits per heavy atom. The first kappa shape index (κ1) is 15.8. The van der Waals surface area contributed by atoms with Crippen LogP contribution in [0, 0.1) is 5.92 Å². The first-order chi connectivity index (χ1) is 9.58. The minimum Gasteiger partial charge on any atom is -0.393 e. The Balaban J connectivity index is 2.09. The molecule has 4 heteroatoms. The topological polar surface area (TPSA) is 52.6 Å². The monoisotopic (exact) mass is 282 g/mol. The lowest BCUT2D eigenvalue weighted by Crippen LogP contribution is -2.46. The fourth-order valence-corrected chi connectivity index (χ4v) is 3.58. The van der Waals surface area contributed by atoms with Crippen molar-refractivity contribution in [3.63, 3.8) is 0 Å². The van der Waals surface area contributed by atoms with Crippen LogP contribution in [0.5, 0.6) is 0 Å². The van der Waals surface area contributed by atoms with E-state index < -0.39 is 0 Å². The first-order valence-corrected chi connectivity index (χ1v) is 8.34. The molecule has 0 aromatic rings. The van der Waals surface area contributed by atoms with E-state index in [0.717, 1.165) is 44.9 Å². The van der Waals surface area contributed by atoms with E-state index in [4.69, 9.17) is 0 Å². The molecular formula is C16H30N2O2. The van der Waals surface area contributed by atoms with E-state index >= 15 is 0 Å². The number of rotatable bonds is 5. The third-order valence-corrected chi connectivity index (χ3v) is 5.06. The van der Waals surface area contributed by atoms with Crippen molar-refractivity contribution in [3.05, 3.63) is 0 Å². The molecule has 0 radical (unpaired) electrons. The lowest BCUT2D eigenvalue weighted by atomic mass is 9.91. The molecule has 2 rings (SSSR count). The van der Waals surface area contributed by atoms with Gasteiger partial charge in [0.25, 0.3) is 0 Å². The second-order valence-corrected chi connectivity index (χ2v) is 6.54. The van der Waals surface area contributed by atoms with Crippen molar-refractivity contribution in [2.24, 2.45) is 5.92 Å². The lowest BCUT2D eigenvalue weighted by Gasteiger charge is -2.36. The summed E-state index contributed by atoms with van der Waals surface area (Å²) in [5.74, 6) is 0.681. The van der Waals surface area contributed by atoms with Crippen molar-refractivity contribution in [1.29, 1.82) is 0 Å². The van der Waals surface area contributed by atoms with Gasteiger partial charge in [0, 0.05) is 6.04 Å². The van der Waals surface area contributed by atoms with E-state index in [1.807, 2.05) is 0 Å². The molecule has 3 atom stereocenters. The predicted molar refractivity (Wildman–Crippen MR) is 80.2 cm³/mol. The summed E-state index contributed by atoms with van der Waals surface area (Å²) < 4.78 is 0. The van der Waals surface area contributed by atoms with Crippen LogP contribution in [0.15, 0.2) is 0 Å². The zero-order valence-corrected chi connectivity index (χ0v) is 13.1. The van der Waals surface area contributed by atoms with Gasteiger partial charge in [-0.25, -0.2) is 0 Å². The van der Waals surface area contributed by atoms with Crippen molar-refractivity contribution >= 4 is 5.91 Å². The zero-order valence-electron chi connectivity index (χ0n) is 13.1. The molecule has 2 N–H and O–H groups in total. The molecule has 116 valence electrons. The van der Waals surface area contributed by atoms with Gasteiger partial charge in [-0.15, -0.1) is 0 Å². The minimum absolute atomic E-state index is 0.0107. The summed E-state index contributed by atoms with van der Waals surface area (Å²) in [5.41, 5.74) is 0. The van der Waals surface area contributed by atoms with Crippen molar-refractivity contribution in [2.75, 3.05) is 0 Å². The molecular weight excluding hydrogens is 252 g/mol. The Bertz CT molecular complexity index is 326. The van der Waals surface area contributed by atoms with Crippen LogP contribution in [0.3, 0.4) is 0 Å². The largest absolute Gasteiger partial charge is 0.393 e. The number of hydrogen-bond donors (Lipinski definition) is 2. The van der Waals surface area contributed by atoms with Crippen molar-refractivity contribution in [1.82, 2.24) is 10.2 Å². The summed E-state index contributed by atoms with van der Waals surface area (Å²) >= 11 is 0. The molecule has 0 aromatic carbocycles. The summed E-state index contributed by atoms with van der Waals surface area (Å²) in [6.07, 6.45) is 6.74. The highest BCUT2D eigenvalue weighted by molar-refractivity contribution is 5.85. The Labute approximate surface area is 122 Å². The van der Waals surface area contributed by atoms with Crippen LogP contribution < -0.4 is 5.32 Å². The van der Waals surface area contributed by atoms with Crippen LogP contribution in [-0.4, -0.2) is 40.3 Å². The van der Waals surface area contributed by atoms with Crippen LogP contribution in [0.4, 0.5) is 0 Å². The van der Waals surface area contributed by atoms with E-state index in [-0.39, 0.29) is 18.3 Å². The van der Waals surface area contributed by atoms with E-state index in [1.54, 1.807) is 0 Å². The number of hydrogen-bond acceptors (Lipinski definition) is 3. The quantitative estimate of drug-likeness (QED) is 0.813. The SMILES string of the molecule is CCCC1NC(C(C)CC)C(=O)N1C1CCC(O)CC1. The number of carbonyl (C=O) groups is 1.